The minimum atomic E-state index is -0.939. The van der Waals surface area contributed by atoms with Crippen molar-refractivity contribution in [1.29, 1.82) is 0 Å². The summed E-state index contributed by atoms with van der Waals surface area (Å²) in [5.74, 6) is -0.665. The molecule has 3 aromatic carbocycles. The normalized spacial score (nSPS) is 15.7. The molecule has 162 valence electrons. The van der Waals surface area contributed by atoms with Crippen LogP contribution in [-0.2, 0) is 20.9 Å². The standard InChI is InChI=1S/C25H21ClN2O4/c26-21-14-8-7-9-18(21)16-27(24(30)17-32-20-12-5-2-6-13-20)22-15-23(29)28(25(22)31)19-10-3-1-4-11-19/h1-14,22H,15-17H2. The van der Waals surface area contributed by atoms with Gasteiger partial charge >= 0.3 is 0 Å². The third-order valence-corrected chi connectivity index (χ3v) is 5.61. The Morgan fingerprint density at radius 1 is 0.938 bits per heavy atom. The van der Waals surface area contributed by atoms with E-state index in [4.69, 9.17) is 16.3 Å². The molecule has 0 spiro atoms. The SMILES string of the molecule is O=C1CC(N(Cc2ccccc2Cl)C(=O)COc2ccccc2)C(=O)N1c1ccccc1. The van der Waals surface area contributed by atoms with Gasteiger partial charge in [0.25, 0.3) is 11.8 Å². The Morgan fingerprint density at radius 2 is 1.56 bits per heavy atom. The molecule has 0 aliphatic carbocycles. The first-order valence-electron chi connectivity index (χ1n) is 10.2. The largest absolute Gasteiger partial charge is 0.484 e. The summed E-state index contributed by atoms with van der Waals surface area (Å²) in [6.07, 6.45) is -0.102. The maximum Gasteiger partial charge on any atom is 0.261 e. The number of nitrogens with zero attached hydrogens (tertiary/aromatic N) is 2. The highest BCUT2D eigenvalue weighted by atomic mass is 35.5. The number of halogens is 1. The summed E-state index contributed by atoms with van der Waals surface area (Å²) >= 11 is 6.31. The molecule has 1 aliphatic heterocycles. The average molecular weight is 449 g/mol. The number of carbonyl (C=O) groups is 3. The summed E-state index contributed by atoms with van der Waals surface area (Å²) in [6, 6.07) is 23.8. The van der Waals surface area contributed by atoms with Gasteiger partial charge in [0.15, 0.2) is 6.61 Å². The molecule has 4 rings (SSSR count). The van der Waals surface area contributed by atoms with Crippen molar-refractivity contribution in [2.45, 2.75) is 19.0 Å². The van der Waals surface area contributed by atoms with Crippen LogP contribution in [0.5, 0.6) is 5.75 Å². The van der Waals surface area contributed by atoms with Gasteiger partial charge in [-0.3, -0.25) is 14.4 Å². The molecular weight excluding hydrogens is 428 g/mol. The van der Waals surface area contributed by atoms with E-state index in [0.29, 0.717) is 22.0 Å². The maximum atomic E-state index is 13.2. The Kier molecular flexibility index (Phi) is 6.52. The Labute approximate surface area is 191 Å². The predicted octanol–water partition coefficient (Wildman–Crippen LogP) is 4.08. The molecule has 0 N–H and O–H groups in total. The van der Waals surface area contributed by atoms with Crippen molar-refractivity contribution in [1.82, 2.24) is 4.90 Å². The van der Waals surface area contributed by atoms with E-state index < -0.39 is 17.9 Å². The average Bonchev–Trinajstić information content (AvgIpc) is 3.11. The van der Waals surface area contributed by atoms with Crippen molar-refractivity contribution in [3.8, 4) is 5.75 Å². The van der Waals surface area contributed by atoms with Crippen molar-refractivity contribution < 1.29 is 19.1 Å². The Bertz CT molecular complexity index is 1120. The highest BCUT2D eigenvalue weighted by Crippen LogP contribution is 2.28. The molecular formula is C25H21ClN2O4. The first-order valence-corrected chi connectivity index (χ1v) is 10.5. The fourth-order valence-electron chi connectivity index (χ4n) is 3.63. The lowest BCUT2D eigenvalue weighted by Gasteiger charge is -2.28. The molecule has 32 heavy (non-hydrogen) atoms. The lowest BCUT2D eigenvalue weighted by Crippen LogP contribution is -2.46. The fraction of sp³-hybridized carbons (Fsp3) is 0.160. The van der Waals surface area contributed by atoms with Gasteiger partial charge in [-0.1, -0.05) is 66.2 Å². The van der Waals surface area contributed by atoms with Gasteiger partial charge in [0.2, 0.25) is 5.91 Å². The number of carbonyl (C=O) groups excluding carboxylic acids is 3. The van der Waals surface area contributed by atoms with E-state index in [-0.39, 0.29) is 25.5 Å². The van der Waals surface area contributed by atoms with Gasteiger partial charge in [-0.2, -0.15) is 0 Å². The number of anilines is 1. The lowest BCUT2D eigenvalue weighted by atomic mass is 10.1. The second kappa shape index (κ2) is 9.66. The van der Waals surface area contributed by atoms with Gasteiger partial charge in [-0.25, -0.2) is 4.90 Å². The Morgan fingerprint density at radius 3 is 2.25 bits per heavy atom. The zero-order valence-electron chi connectivity index (χ0n) is 17.2. The number of ether oxygens (including phenoxy) is 1. The molecule has 0 bridgehead atoms. The number of rotatable bonds is 7. The number of benzene rings is 3. The highest BCUT2D eigenvalue weighted by Gasteiger charge is 2.44. The number of amides is 3. The summed E-state index contributed by atoms with van der Waals surface area (Å²) in [5, 5.41) is 0.478. The molecule has 3 aromatic rings. The van der Waals surface area contributed by atoms with Crippen LogP contribution in [0.25, 0.3) is 0 Å². The second-order valence-electron chi connectivity index (χ2n) is 7.34. The molecule has 6 nitrogen and oxygen atoms in total. The molecule has 3 amide bonds. The second-order valence-corrected chi connectivity index (χ2v) is 7.74. The molecule has 0 saturated carbocycles. The van der Waals surface area contributed by atoms with Gasteiger partial charge in [0.05, 0.1) is 12.1 Å². The van der Waals surface area contributed by atoms with Gasteiger partial charge in [0, 0.05) is 11.6 Å². The van der Waals surface area contributed by atoms with Crippen molar-refractivity contribution >= 4 is 35.0 Å². The Balaban J connectivity index is 1.59. The van der Waals surface area contributed by atoms with E-state index in [0.717, 1.165) is 4.90 Å². The molecule has 7 heteroatoms. The van der Waals surface area contributed by atoms with Gasteiger partial charge in [0.1, 0.15) is 11.8 Å². The van der Waals surface area contributed by atoms with Crippen molar-refractivity contribution in [3.63, 3.8) is 0 Å². The quantitative estimate of drug-likeness (QED) is 0.511. The van der Waals surface area contributed by atoms with Crippen LogP contribution < -0.4 is 9.64 Å². The molecule has 1 saturated heterocycles. The van der Waals surface area contributed by atoms with E-state index in [1.54, 1.807) is 72.8 Å². The molecule has 0 aromatic heterocycles. The predicted molar refractivity (Wildman–Crippen MR) is 121 cm³/mol. The minimum absolute atomic E-state index is 0.0863. The van der Waals surface area contributed by atoms with Crippen LogP contribution in [0.15, 0.2) is 84.9 Å². The van der Waals surface area contributed by atoms with Crippen LogP contribution >= 0.6 is 11.6 Å². The number of para-hydroxylation sites is 2. The topological polar surface area (TPSA) is 66.9 Å². The van der Waals surface area contributed by atoms with Crippen molar-refractivity contribution in [2.24, 2.45) is 0 Å². The van der Waals surface area contributed by atoms with Crippen LogP contribution in [0.1, 0.15) is 12.0 Å². The highest BCUT2D eigenvalue weighted by molar-refractivity contribution is 6.31. The van der Waals surface area contributed by atoms with E-state index >= 15 is 0 Å². The monoisotopic (exact) mass is 448 g/mol. The van der Waals surface area contributed by atoms with Crippen molar-refractivity contribution in [2.75, 3.05) is 11.5 Å². The third-order valence-electron chi connectivity index (χ3n) is 5.24. The van der Waals surface area contributed by atoms with Crippen LogP contribution in [0.3, 0.4) is 0 Å². The van der Waals surface area contributed by atoms with Crippen LogP contribution in [0, 0.1) is 0 Å². The minimum Gasteiger partial charge on any atom is -0.484 e. The van der Waals surface area contributed by atoms with E-state index in [2.05, 4.69) is 0 Å². The summed E-state index contributed by atoms with van der Waals surface area (Å²) in [4.78, 5) is 41.7. The van der Waals surface area contributed by atoms with E-state index in [1.165, 1.54) is 4.90 Å². The Hall–Kier alpha value is -3.64. The van der Waals surface area contributed by atoms with Gasteiger partial charge < -0.3 is 9.64 Å². The fourth-order valence-corrected chi connectivity index (χ4v) is 3.83. The lowest BCUT2D eigenvalue weighted by molar-refractivity contribution is -0.140. The summed E-state index contributed by atoms with van der Waals surface area (Å²) < 4.78 is 5.62. The molecule has 1 fully saturated rings. The zero-order valence-corrected chi connectivity index (χ0v) is 17.9. The first kappa shape index (κ1) is 21.6. The third kappa shape index (κ3) is 4.65. The summed E-state index contributed by atoms with van der Waals surface area (Å²) in [7, 11) is 0. The van der Waals surface area contributed by atoms with Gasteiger partial charge in [-0.15, -0.1) is 0 Å². The molecule has 1 aliphatic rings. The number of hydrogen-bond donors (Lipinski definition) is 0. The molecule has 1 heterocycles. The van der Waals surface area contributed by atoms with Crippen LogP contribution in [0.2, 0.25) is 5.02 Å². The zero-order chi connectivity index (χ0) is 22.5. The summed E-state index contributed by atoms with van der Waals surface area (Å²) in [6.45, 7) is -0.180. The number of hydrogen-bond acceptors (Lipinski definition) is 4. The van der Waals surface area contributed by atoms with Crippen molar-refractivity contribution in [3.05, 3.63) is 95.5 Å². The molecule has 0 radical (unpaired) electrons. The number of imide groups is 1. The molecule has 1 unspecified atom stereocenters. The summed E-state index contributed by atoms with van der Waals surface area (Å²) in [5.41, 5.74) is 1.16. The van der Waals surface area contributed by atoms with Crippen LogP contribution in [0.4, 0.5) is 5.69 Å². The first-order chi connectivity index (χ1) is 15.5. The smallest absolute Gasteiger partial charge is 0.261 e. The maximum absolute atomic E-state index is 13.2. The van der Waals surface area contributed by atoms with Gasteiger partial charge in [-0.05, 0) is 35.9 Å². The van der Waals surface area contributed by atoms with Crippen LogP contribution in [-0.4, -0.2) is 35.3 Å². The van der Waals surface area contributed by atoms with E-state index in [1.807, 2.05) is 12.1 Å². The van der Waals surface area contributed by atoms with E-state index in [9.17, 15) is 14.4 Å². The molecule has 1 atom stereocenters.